The summed E-state index contributed by atoms with van der Waals surface area (Å²) in [6.07, 6.45) is 10.4. The van der Waals surface area contributed by atoms with E-state index in [-0.39, 0.29) is 34.7 Å². The van der Waals surface area contributed by atoms with Gasteiger partial charge < -0.3 is 9.16 Å². The molecule has 210 valence electrons. The van der Waals surface area contributed by atoms with Crippen molar-refractivity contribution in [3.63, 3.8) is 0 Å². The zero-order valence-corrected chi connectivity index (χ0v) is 25.6. The summed E-state index contributed by atoms with van der Waals surface area (Å²) in [6, 6.07) is 22.5. The Hall–Kier alpha value is -3.28. The highest BCUT2D eigenvalue weighted by atomic mass is 28.4. The first-order chi connectivity index (χ1) is 19.0. The smallest absolute Gasteiger partial charge is 0.337 e. The largest absolute Gasteiger partial charge is 0.465 e. The Morgan fingerprint density at radius 2 is 1.65 bits per heavy atom. The number of carbonyl (C=O) groups excluding carboxylic acids is 2. The van der Waals surface area contributed by atoms with Crippen LogP contribution in [-0.2, 0) is 26.8 Å². The van der Waals surface area contributed by atoms with Gasteiger partial charge in [-0.25, -0.2) is 4.79 Å². The fraction of sp³-hybridized carbons (Fsp3) is 0.371. The van der Waals surface area contributed by atoms with E-state index >= 15 is 0 Å². The number of hydrogen-bond acceptors (Lipinski definition) is 4. The second-order valence-corrected chi connectivity index (χ2v) is 17.1. The van der Waals surface area contributed by atoms with Gasteiger partial charge in [-0.3, -0.25) is 4.79 Å². The molecule has 40 heavy (non-hydrogen) atoms. The predicted molar refractivity (Wildman–Crippen MR) is 166 cm³/mol. The molecule has 0 bridgehead atoms. The van der Waals surface area contributed by atoms with Gasteiger partial charge >= 0.3 is 5.97 Å². The maximum atomic E-state index is 12.8. The SMILES string of the molecule is COC(=O)c1ccc(CC[C@H]2C(=O)C=C[C@@H]2C=CC(Cc2ccc3ccccc3c2)O[Si](C)(C)C(C)(C)C)cc1. The third-order valence-corrected chi connectivity index (χ3v) is 13.0. The number of aryl methyl sites for hydroxylation is 1. The summed E-state index contributed by atoms with van der Waals surface area (Å²) < 4.78 is 11.7. The number of hydrogen-bond donors (Lipinski definition) is 0. The van der Waals surface area contributed by atoms with Gasteiger partial charge in [0.1, 0.15) is 0 Å². The lowest BCUT2D eigenvalue weighted by Gasteiger charge is -2.38. The van der Waals surface area contributed by atoms with E-state index in [0.29, 0.717) is 5.56 Å². The van der Waals surface area contributed by atoms with Crippen molar-refractivity contribution in [3.8, 4) is 0 Å². The second kappa shape index (κ2) is 12.5. The number of rotatable bonds is 10. The number of ether oxygens (including phenoxy) is 1. The zero-order valence-electron chi connectivity index (χ0n) is 24.6. The summed E-state index contributed by atoms with van der Waals surface area (Å²) in [5, 5.41) is 2.57. The van der Waals surface area contributed by atoms with Gasteiger partial charge in [0.05, 0.1) is 18.8 Å². The van der Waals surface area contributed by atoms with Crippen molar-refractivity contribution in [2.75, 3.05) is 7.11 Å². The van der Waals surface area contributed by atoms with Crippen LogP contribution < -0.4 is 0 Å². The Morgan fingerprint density at radius 3 is 2.33 bits per heavy atom. The molecule has 1 unspecified atom stereocenters. The van der Waals surface area contributed by atoms with Crippen molar-refractivity contribution < 1.29 is 18.8 Å². The van der Waals surface area contributed by atoms with Gasteiger partial charge in [-0.15, -0.1) is 0 Å². The molecule has 0 amide bonds. The van der Waals surface area contributed by atoms with Gasteiger partial charge in [0.25, 0.3) is 0 Å². The fourth-order valence-corrected chi connectivity index (χ4v) is 6.26. The Morgan fingerprint density at radius 1 is 0.975 bits per heavy atom. The van der Waals surface area contributed by atoms with Crippen LogP contribution in [0.4, 0.5) is 0 Å². The molecule has 4 rings (SSSR count). The summed E-state index contributed by atoms with van der Waals surface area (Å²) in [4.78, 5) is 24.5. The third-order valence-electron chi connectivity index (χ3n) is 8.48. The Labute approximate surface area is 240 Å². The molecule has 0 fully saturated rings. The van der Waals surface area contributed by atoms with Crippen molar-refractivity contribution in [2.45, 2.75) is 64.3 Å². The van der Waals surface area contributed by atoms with Gasteiger partial charge in [-0.05, 0) is 71.1 Å². The van der Waals surface area contributed by atoms with Crippen LogP contribution in [-0.4, -0.2) is 33.3 Å². The van der Waals surface area contributed by atoms with E-state index in [1.807, 2.05) is 18.2 Å². The highest BCUT2D eigenvalue weighted by molar-refractivity contribution is 6.74. The van der Waals surface area contributed by atoms with Crippen LogP contribution in [0.5, 0.6) is 0 Å². The minimum atomic E-state index is -2.03. The molecule has 0 radical (unpaired) electrons. The normalized spacial score (nSPS) is 18.5. The lowest BCUT2D eigenvalue weighted by molar-refractivity contribution is -0.118. The van der Waals surface area contributed by atoms with Crippen LogP contribution >= 0.6 is 0 Å². The highest BCUT2D eigenvalue weighted by Gasteiger charge is 2.39. The molecule has 0 heterocycles. The lowest BCUT2D eigenvalue weighted by Crippen LogP contribution is -2.44. The number of carbonyl (C=O) groups is 2. The summed E-state index contributed by atoms with van der Waals surface area (Å²) in [5.74, 6) is -0.211. The van der Waals surface area contributed by atoms with Gasteiger partial charge in [-0.2, -0.15) is 0 Å². The van der Waals surface area contributed by atoms with Crippen molar-refractivity contribution in [1.82, 2.24) is 0 Å². The molecule has 3 atom stereocenters. The van der Waals surface area contributed by atoms with Gasteiger partial charge in [0, 0.05) is 18.3 Å². The molecule has 3 aromatic rings. The number of ketones is 1. The van der Waals surface area contributed by atoms with Crippen molar-refractivity contribution in [2.24, 2.45) is 11.8 Å². The van der Waals surface area contributed by atoms with E-state index < -0.39 is 8.32 Å². The van der Waals surface area contributed by atoms with Crippen LogP contribution in [0.25, 0.3) is 10.8 Å². The maximum absolute atomic E-state index is 12.8. The van der Waals surface area contributed by atoms with Gasteiger partial charge in [-0.1, -0.05) is 93.6 Å². The van der Waals surface area contributed by atoms with E-state index in [1.54, 1.807) is 18.2 Å². The van der Waals surface area contributed by atoms with Crippen LogP contribution in [0.15, 0.2) is 91.0 Å². The van der Waals surface area contributed by atoms with Crippen LogP contribution in [0.3, 0.4) is 0 Å². The van der Waals surface area contributed by atoms with E-state index in [0.717, 1.165) is 24.8 Å². The average Bonchev–Trinajstić information content (AvgIpc) is 3.28. The van der Waals surface area contributed by atoms with E-state index in [4.69, 9.17) is 9.16 Å². The third kappa shape index (κ3) is 7.26. The molecule has 0 N–H and O–H groups in total. The van der Waals surface area contributed by atoms with Crippen LogP contribution in [0.1, 0.15) is 48.7 Å². The molecule has 0 aromatic heterocycles. The van der Waals surface area contributed by atoms with E-state index in [2.05, 4.69) is 88.5 Å². The predicted octanol–water partition coefficient (Wildman–Crippen LogP) is 8.12. The monoisotopic (exact) mass is 554 g/mol. The maximum Gasteiger partial charge on any atom is 0.337 e. The molecular formula is C35H42O4Si. The topological polar surface area (TPSA) is 52.6 Å². The van der Waals surface area contributed by atoms with Gasteiger partial charge in [0.2, 0.25) is 0 Å². The van der Waals surface area contributed by atoms with Crippen molar-refractivity contribution in [1.29, 1.82) is 0 Å². The molecule has 0 saturated carbocycles. The first-order valence-corrected chi connectivity index (χ1v) is 17.1. The number of benzene rings is 3. The molecule has 1 aliphatic rings. The van der Waals surface area contributed by atoms with Gasteiger partial charge in [0.15, 0.2) is 14.1 Å². The van der Waals surface area contributed by atoms with Crippen LogP contribution in [0, 0.1) is 11.8 Å². The molecular weight excluding hydrogens is 512 g/mol. The highest BCUT2D eigenvalue weighted by Crippen LogP contribution is 2.38. The van der Waals surface area contributed by atoms with E-state index in [9.17, 15) is 9.59 Å². The summed E-state index contributed by atoms with van der Waals surface area (Å²) >= 11 is 0. The minimum absolute atomic E-state index is 0.0453. The summed E-state index contributed by atoms with van der Waals surface area (Å²) in [5.41, 5.74) is 2.88. The van der Waals surface area contributed by atoms with Crippen LogP contribution in [0.2, 0.25) is 18.1 Å². The standard InChI is InChI=1S/C35H42O4Si/c1-35(2,3)40(5,6)39-31(24-26-13-15-27-9-7-8-10-30(27)23-26)20-18-28-19-22-33(36)32(28)21-14-25-11-16-29(17-12-25)34(37)38-4/h7-13,15-20,22-23,28,31-32H,14,21,24H2,1-6H3/t28-,31?,32+/m0/s1. The Bertz CT molecular complexity index is 1390. The molecule has 1 aliphatic carbocycles. The Kier molecular flexibility index (Phi) is 9.27. The number of allylic oxidation sites excluding steroid dienone is 3. The quantitative estimate of drug-likeness (QED) is 0.144. The van der Waals surface area contributed by atoms with Crippen molar-refractivity contribution in [3.05, 3.63) is 108 Å². The Balaban J connectivity index is 1.49. The first-order valence-electron chi connectivity index (χ1n) is 14.2. The number of esters is 1. The number of methoxy groups -OCH3 is 1. The molecule has 0 aliphatic heterocycles. The first kappa shape index (κ1) is 29.7. The van der Waals surface area contributed by atoms with Crippen molar-refractivity contribution >= 4 is 30.8 Å². The fourth-order valence-electron chi connectivity index (χ4n) is 4.99. The average molecular weight is 555 g/mol. The van der Waals surface area contributed by atoms with E-state index in [1.165, 1.54) is 23.4 Å². The molecule has 5 heteroatoms. The minimum Gasteiger partial charge on any atom is -0.465 e. The lowest BCUT2D eigenvalue weighted by atomic mass is 9.88. The zero-order chi connectivity index (χ0) is 28.9. The molecule has 0 saturated heterocycles. The second-order valence-electron chi connectivity index (χ2n) is 12.4. The molecule has 3 aromatic carbocycles. The summed E-state index contributed by atoms with van der Waals surface area (Å²) in [6.45, 7) is 11.4. The summed E-state index contributed by atoms with van der Waals surface area (Å²) in [7, 11) is -0.646. The molecule has 0 spiro atoms. The molecule has 4 nitrogen and oxygen atoms in total. The number of fused-ring (bicyclic) bond motifs is 1.